The maximum absolute atomic E-state index is 10.4. The standard InChI is InChI=1S/C15H19NOS/c1-9-5-10(2)15(11(3)6-9)13(17)7-14-16-12(4)8-18-14/h5-6,8,13,17H,7H2,1-4H3. The largest absolute Gasteiger partial charge is 0.388 e. The molecule has 1 aromatic carbocycles. The second kappa shape index (κ2) is 5.21. The van der Waals surface area contributed by atoms with Crippen molar-refractivity contribution in [1.29, 1.82) is 0 Å². The monoisotopic (exact) mass is 261 g/mol. The maximum Gasteiger partial charge on any atom is 0.0957 e. The van der Waals surface area contributed by atoms with E-state index in [1.54, 1.807) is 11.3 Å². The number of thiazole rings is 1. The highest BCUT2D eigenvalue weighted by Crippen LogP contribution is 2.27. The predicted molar refractivity (Wildman–Crippen MR) is 76.2 cm³/mol. The molecule has 1 unspecified atom stereocenters. The van der Waals surface area contributed by atoms with Crippen molar-refractivity contribution in [2.75, 3.05) is 0 Å². The number of hydrogen-bond donors (Lipinski definition) is 1. The first-order valence-electron chi connectivity index (χ1n) is 6.14. The van der Waals surface area contributed by atoms with Crippen molar-refractivity contribution in [3.8, 4) is 0 Å². The van der Waals surface area contributed by atoms with Crippen LogP contribution in [0.5, 0.6) is 0 Å². The van der Waals surface area contributed by atoms with Crippen LogP contribution in [0.2, 0.25) is 0 Å². The van der Waals surface area contributed by atoms with E-state index in [9.17, 15) is 5.11 Å². The highest BCUT2D eigenvalue weighted by Gasteiger charge is 2.15. The van der Waals surface area contributed by atoms with E-state index in [1.807, 2.05) is 12.3 Å². The molecular formula is C15H19NOS. The van der Waals surface area contributed by atoms with Crippen LogP contribution in [-0.4, -0.2) is 10.1 Å². The lowest BCUT2D eigenvalue weighted by molar-refractivity contribution is 0.177. The smallest absolute Gasteiger partial charge is 0.0957 e. The molecule has 18 heavy (non-hydrogen) atoms. The van der Waals surface area contributed by atoms with Gasteiger partial charge in [-0.25, -0.2) is 4.98 Å². The van der Waals surface area contributed by atoms with Crippen LogP contribution in [0.1, 0.15) is 39.1 Å². The van der Waals surface area contributed by atoms with Gasteiger partial charge in [-0.1, -0.05) is 17.7 Å². The zero-order valence-electron chi connectivity index (χ0n) is 11.3. The summed E-state index contributed by atoms with van der Waals surface area (Å²) in [6, 6.07) is 4.25. The van der Waals surface area contributed by atoms with E-state index < -0.39 is 6.10 Å². The van der Waals surface area contributed by atoms with Gasteiger partial charge in [-0.2, -0.15) is 0 Å². The van der Waals surface area contributed by atoms with Gasteiger partial charge in [0.05, 0.1) is 11.1 Å². The SMILES string of the molecule is Cc1cc(C)c(C(O)Cc2nc(C)cs2)c(C)c1. The van der Waals surface area contributed by atoms with E-state index in [0.717, 1.165) is 27.4 Å². The average molecular weight is 261 g/mol. The fraction of sp³-hybridized carbons (Fsp3) is 0.400. The van der Waals surface area contributed by atoms with Gasteiger partial charge in [-0.05, 0) is 44.4 Å². The van der Waals surface area contributed by atoms with Crippen molar-refractivity contribution < 1.29 is 5.11 Å². The van der Waals surface area contributed by atoms with Crippen molar-refractivity contribution in [3.05, 3.63) is 50.5 Å². The lowest BCUT2D eigenvalue weighted by Crippen LogP contribution is -2.06. The van der Waals surface area contributed by atoms with Gasteiger partial charge in [0.1, 0.15) is 0 Å². The minimum atomic E-state index is -0.462. The van der Waals surface area contributed by atoms with Gasteiger partial charge in [0.2, 0.25) is 0 Å². The molecule has 96 valence electrons. The summed E-state index contributed by atoms with van der Waals surface area (Å²) in [6.45, 7) is 8.19. The molecule has 0 amide bonds. The molecule has 2 nitrogen and oxygen atoms in total. The number of aliphatic hydroxyl groups excluding tert-OH is 1. The van der Waals surface area contributed by atoms with Crippen LogP contribution in [0, 0.1) is 27.7 Å². The summed E-state index contributed by atoms with van der Waals surface area (Å²) in [5.74, 6) is 0. The highest BCUT2D eigenvalue weighted by atomic mass is 32.1. The molecule has 0 aliphatic carbocycles. The number of aromatic nitrogens is 1. The Labute approximate surface area is 112 Å². The summed E-state index contributed by atoms with van der Waals surface area (Å²) in [7, 11) is 0. The van der Waals surface area contributed by atoms with Crippen LogP contribution < -0.4 is 0 Å². The summed E-state index contributed by atoms with van der Waals surface area (Å²) in [5, 5.41) is 13.4. The van der Waals surface area contributed by atoms with Gasteiger partial charge in [-0.15, -0.1) is 11.3 Å². The molecule has 2 rings (SSSR count). The topological polar surface area (TPSA) is 33.1 Å². The summed E-state index contributed by atoms with van der Waals surface area (Å²) in [6.07, 6.45) is 0.139. The Morgan fingerprint density at radius 1 is 1.17 bits per heavy atom. The molecule has 0 bridgehead atoms. The molecule has 1 N–H and O–H groups in total. The summed E-state index contributed by atoms with van der Waals surface area (Å²) in [5.41, 5.74) is 5.64. The van der Waals surface area contributed by atoms with Crippen molar-refractivity contribution in [3.63, 3.8) is 0 Å². The summed E-state index contributed by atoms with van der Waals surface area (Å²) >= 11 is 1.62. The van der Waals surface area contributed by atoms with E-state index >= 15 is 0 Å². The van der Waals surface area contributed by atoms with E-state index in [1.165, 1.54) is 5.56 Å². The van der Waals surface area contributed by atoms with Crippen LogP contribution in [0.15, 0.2) is 17.5 Å². The van der Waals surface area contributed by atoms with Gasteiger partial charge >= 0.3 is 0 Å². The number of hydrogen-bond acceptors (Lipinski definition) is 3. The first-order valence-corrected chi connectivity index (χ1v) is 7.02. The number of aliphatic hydroxyl groups is 1. The van der Waals surface area contributed by atoms with Crippen LogP contribution in [-0.2, 0) is 6.42 Å². The number of rotatable bonds is 3. The second-order valence-electron chi connectivity index (χ2n) is 4.91. The maximum atomic E-state index is 10.4. The Bertz CT molecular complexity index is 536. The molecule has 0 fully saturated rings. The predicted octanol–water partition coefficient (Wildman–Crippen LogP) is 3.65. The van der Waals surface area contributed by atoms with Crippen LogP contribution in [0.3, 0.4) is 0 Å². The van der Waals surface area contributed by atoms with E-state index in [-0.39, 0.29) is 0 Å². The van der Waals surface area contributed by atoms with Crippen LogP contribution in [0.25, 0.3) is 0 Å². The zero-order valence-corrected chi connectivity index (χ0v) is 12.1. The molecule has 0 spiro atoms. The molecule has 0 saturated carbocycles. The Kier molecular flexibility index (Phi) is 3.83. The molecule has 1 aromatic heterocycles. The van der Waals surface area contributed by atoms with Crippen LogP contribution in [0.4, 0.5) is 0 Å². The third-order valence-electron chi connectivity index (χ3n) is 3.11. The van der Waals surface area contributed by atoms with Crippen molar-refractivity contribution >= 4 is 11.3 Å². The average Bonchev–Trinajstić information content (AvgIpc) is 2.62. The Morgan fingerprint density at radius 2 is 1.78 bits per heavy atom. The minimum Gasteiger partial charge on any atom is -0.388 e. The molecule has 1 atom stereocenters. The molecule has 3 heteroatoms. The van der Waals surface area contributed by atoms with Gasteiger partial charge in [0.25, 0.3) is 0 Å². The Morgan fingerprint density at radius 3 is 2.28 bits per heavy atom. The zero-order chi connectivity index (χ0) is 13.3. The Hall–Kier alpha value is -1.19. The third kappa shape index (κ3) is 2.79. The first kappa shape index (κ1) is 13.2. The van der Waals surface area contributed by atoms with E-state index in [4.69, 9.17) is 0 Å². The molecular weight excluding hydrogens is 242 g/mol. The third-order valence-corrected chi connectivity index (χ3v) is 4.09. The lowest BCUT2D eigenvalue weighted by Gasteiger charge is -2.16. The molecule has 1 heterocycles. The highest BCUT2D eigenvalue weighted by molar-refractivity contribution is 7.09. The molecule has 0 saturated heterocycles. The summed E-state index contributed by atoms with van der Waals surface area (Å²) in [4.78, 5) is 4.41. The quantitative estimate of drug-likeness (QED) is 0.914. The van der Waals surface area contributed by atoms with E-state index in [2.05, 4.69) is 37.9 Å². The fourth-order valence-corrected chi connectivity index (χ4v) is 3.29. The van der Waals surface area contributed by atoms with Gasteiger partial charge in [0.15, 0.2) is 0 Å². The molecule has 0 radical (unpaired) electrons. The fourth-order valence-electron chi connectivity index (χ4n) is 2.48. The summed E-state index contributed by atoms with van der Waals surface area (Å²) < 4.78 is 0. The van der Waals surface area contributed by atoms with Gasteiger partial charge < -0.3 is 5.11 Å². The number of aryl methyl sites for hydroxylation is 4. The normalized spacial score (nSPS) is 12.7. The minimum absolute atomic E-state index is 0.462. The van der Waals surface area contributed by atoms with Crippen molar-refractivity contribution in [2.45, 2.75) is 40.2 Å². The lowest BCUT2D eigenvalue weighted by atomic mass is 9.94. The van der Waals surface area contributed by atoms with Crippen molar-refractivity contribution in [2.24, 2.45) is 0 Å². The van der Waals surface area contributed by atoms with Crippen LogP contribution >= 0.6 is 11.3 Å². The Balaban J connectivity index is 2.26. The molecule has 2 aromatic rings. The van der Waals surface area contributed by atoms with Gasteiger partial charge in [-0.3, -0.25) is 0 Å². The number of benzene rings is 1. The second-order valence-corrected chi connectivity index (χ2v) is 5.86. The first-order chi connectivity index (χ1) is 8.47. The number of nitrogens with zero attached hydrogens (tertiary/aromatic N) is 1. The van der Waals surface area contributed by atoms with E-state index in [0.29, 0.717) is 6.42 Å². The van der Waals surface area contributed by atoms with Gasteiger partial charge in [0, 0.05) is 17.5 Å². The molecule has 0 aliphatic rings. The van der Waals surface area contributed by atoms with Crippen molar-refractivity contribution in [1.82, 2.24) is 4.98 Å². The molecule has 0 aliphatic heterocycles.